The second-order valence-corrected chi connectivity index (χ2v) is 5.59. The fourth-order valence-electron chi connectivity index (χ4n) is 2.63. The van der Waals surface area contributed by atoms with Crippen LogP contribution >= 0.6 is 11.6 Å². The van der Waals surface area contributed by atoms with Crippen LogP contribution in [0.15, 0.2) is 48.5 Å². The van der Waals surface area contributed by atoms with E-state index >= 15 is 0 Å². The van der Waals surface area contributed by atoms with Gasteiger partial charge in [0.1, 0.15) is 0 Å². The Kier molecular flexibility index (Phi) is 4.23. The Morgan fingerprint density at radius 1 is 1.19 bits per heavy atom. The summed E-state index contributed by atoms with van der Waals surface area (Å²) in [5, 5.41) is 4.01. The maximum absolute atomic E-state index is 12.6. The smallest absolute Gasteiger partial charge is 0.231 e. The molecule has 1 N–H and O–H groups in total. The van der Waals surface area contributed by atoms with Crippen LogP contribution in [0.1, 0.15) is 11.1 Å². The van der Waals surface area contributed by atoms with Crippen molar-refractivity contribution in [2.45, 2.75) is 13.0 Å². The fourth-order valence-corrected chi connectivity index (χ4v) is 2.85. The number of halogens is 1. The van der Waals surface area contributed by atoms with E-state index in [9.17, 15) is 4.79 Å². The number of anilines is 1. The molecule has 2 aromatic carbocycles. The second kappa shape index (κ2) is 6.29. The van der Waals surface area contributed by atoms with Gasteiger partial charge in [0, 0.05) is 30.3 Å². The van der Waals surface area contributed by atoms with E-state index in [1.807, 2.05) is 47.4 Å². The number of carbonyl (C=O) groups is 1. The molecule has 1 heterocycles. The predicted octanol–water partition coefficient (Wildman–Crippen LogP) is 3.02. The van der Waals surface area contributed by atoms with Crippen molar-refractivity contribution in [3.05, 3.63) is 64.7 Å². The summed E-state index contributed by atoms with van der Waals surface area (Å²) in [4.78, 5) is 14.5. The number of carbonyl (C=O) groups excluding carboxylic acids is 1. The lowest BCUT2D eigenvalue weighted by atomic mass is 10.1. The topological polar surface area (TPSA) is 32.3 Å². The average Bonchev–Trinajstić information content (AvgIpc) is 2.69. The summed E-state index contributed by atoms with van der Waals surface area (Å²) in [6, 6.07) is 15.5. The molecule has 0 saturated carbocycles. The maximum Gasteiger partial charge on any atom is 0.231 e. The summed E-state index contributed by atoms with van der Waals surface area (Å²) in [5.74, 6) is 0.105. The minimum Gasteiger partial charge on any atom is -0.311 e. The van der Waals surface area contributed by atoms with E-state index in [0.717, 1.165) is 29.9 Å². The summed E-state index contributed by atoms with van der Waals surface area (Å²) in [6.07, 6.45) is 0.370. The number of hydrogen-bond donors (Lipinski definition) is 1. The number of nitrogens with zero attached hydrogens (tertiary/aromatic N) is 1. The number of fused-ring (bicyclic) bond motifs is 1. The molecular weight excluding hydrogens is 284 g/mol. The van der Waals surface area contributed by atoms with Crippen molar-refractivity contribution < 1.29 is 4.79 Å². The molecule has 0 spiro atoms. The van der Waals surface area contributed by atoms with Crippen LogP contribution < -0.4 is 10.2 Å². The van der Waals surface area contributed by atoms with Gasteiger partial charge in [-0.15, -0.1) is 0 Å². The monoisotopic (exact) mass is 300 g/mol. The van der Waals surface area contributed by atoms with Gasteiger partial charge in [0.2, 0.25) is 5.91 Å². The molecule has 108 valence electrons. The third-order valence-corrected chi connectivity index (χ3v) is 3.89. The quantitative estimate of drug-likeness (QED) is 0.924. The van der Waals surface area contributed by atoms with Gasteiger partial charge in [-0.05, 0) is 29.3 Å². The van der Waals surface area contributed by atoms with E-state index in [-0.39, 0.29) is 5.91 Å². The Hall–Kier alpha value is -1.84. The highest BCUT2D eigenvalue weighted by atomic mass is 35.5. The fraction of sp³-hybridized carbons (Fsp3) is 0.235. The minimum absolute atomic E-state index is 0.105. The molecule has 3 nitrogen and oxygen atoms in total. The third-order valence-electron chi connectivity index (χ3n) is 3.66. The van der Waals surface area contributed by atoms with Crippen LogP contribution in [0.4, 0.5) is 5.69 Å². The van der Waals surface area contributed by atoms with E-state index < -0.39 is 0 Å². The SMILES string of the molecule is O=C(Cc1cccc(Cl)c1)N1CCNCc2ccccc21. The lowest BCUT2D eigenvalue weighted by Gasteiger charge is -2.22. The van der Waals surface area contributed by atoms with Crippen molar-refractivity contribution in [1.29, 1.82) is 0 Å². The number of benzene rings is 2. The van der Waals surface area contributed by atoms with Gasteiger partial charge in [-0.3, -0.25) is 4.79 Å². The molecule has 0 bridgehead atoms. The van der Waals surface area contributed by atoms with Gasteiger partial charge in [-0.2, -0.15) is 0 Å². The Labute approximate surface area is 129 Å². The summed E-state index contributed by atoms with van der Waals surface area (Å²) < 4.78 is 0. The Balaban J connectivity index is 1.84. The summed E-state index contributed by atoms with van der Waals surface area (Å²) in [7, 11) is 0. The second-order valence-electron chi connectivity index (χ2n) is 5.16. The number of nitrogens with one attached hydrogen (secondary N) is 1. The van der Waals surface area contributed by atoms with Crippen LogP contribution in [0, 0.1) is 0 Å². The first-order valence-corrected chi connectivity index (χ1v) is 7.45. The summed E-state index contributed by atoms with van der Waals surface area (Å²) in [6.45, 7) is 2.30. The van der Waals surface area contributed by atoms with Crippen LogP contribution in [-0.4, -0.2) is 19.0 Å². The Morgan fingerprint density at radius 2 is 2.05 bits per heavy atom. The highest BCUT2D eigenvalue weighted by Gasteiger charge is 2.20. The zero-order valence-corrected chi connectivity index (χ0v) is 12.4. The molecule has 0 unspecified atom stereocenters. The van der Waals surface area contributed by atoms with Crippen LogP contribution in [-0.2, 0) is 17.8 Å². The lowest BCUT2D eigenvalue weighted by molar-refractivity contribution is -0.118. The molecule has 0 fully saturated rings. The number of rotatable bonds is 2. The van der Waals surface area contributed by atoms with Crippen molar-refractivity contribution in [3.63, 3.8) is 0 Å². The van der Waals surface area contributed by atoms with Crippen LogP contribution in [0.25, 0.3) is 0 Å². The molecule has 1 amide bonds. The number of amides is 1. The largest absolute Gasteiger partial charge is 0.311 e. The average molecular weight is 301 g/mol. The zero-order chi connectivity index (χ0) is 14.7. The van der Waals surface area contributed by atoms with Crippen molar-refractivity contribution in [2.24, 2.45) is 0 Å². The molecule has 3 rings (SSSR count). The molecule has 0 saturated heterocycles. The van der Waals surface area contributed by atoms with Gasteiger partial charge in [-0.1, -0.05) is 41.9 Å². The van der Waals surface area contributed by atoms with Crippen molar-refractivity contribution in [3.8, 4) is 0 Å². The lowest BCUT2D eigenvalue weighted by Crippen LogP contribution is -2.35. The Bertz CT molecular complexity index is 657. The van der Waals surface area contributed by atoms with E-state index in [0.29, 0.717) is 18.0 Å². The molecule has 21 heavy (non-hydrogen) atoms. The molecule has 0 atom stereocenters. The van der Waals surface area contributed by atoms with Crippen LogP contribution in [0.3, 0.4) is 0 Å². The van der Waals surface area contributed by atoms with Gasteiger partial charge >= 0.3 is 0 Å². The molecule has 0 radical (unpaired) electrons. The van der Waals surface area contributed by atoms with Gasteiger partial charge in [0.15, 0.2) is 0 Å². The van der Waals surface area contributed by atoms with Crippen molar-refractivity contribution in [2.75, 3.05) is 18.0 Å². The molecule has 1 aliphatic rings. The zero-order valence-electron chi connectivity index (χ0n) is 11.7. The van der Waals surface area contributed by atoms with Gasteiger partial charge in [0.05, 0.1) is 6.42 Å². The first kappa shape index (κ1) is 14.1. The molecule has 0 aromatic heterocycles. The van der Waals surface area contributed by atoms with Crippen molar-refractivity contribution >= 4 is 23.2 Å². The molecular formula is C17H17ClN2O. The van der Waals surface area contributed by atoms with E-state index in [2.05, 4.69) is 11.4 Å². The van der Waals surface area contributed by atoms with Gasteiger partial charge in [0.25, 0.3) is 0 Å². The highest BCUT2D eigenvalue weighted by molar-refractivity contribution is 6.30. The molecule has 2 aromatic rings. The van der Waals surface area contributed by atoms with Gasteiger partial charge < -0.3 is 10.2 Å². The molecule has 4 heteroatoms. The molecule has 0 aliphatic carbocycles. The van der Waals surface area contributed by atoms with Crippen LogP contribution in [0.2, 0.25) is 5.02 Å². The minimum atomic E-state index is 0.105. The highest BCUT2D eigenvalue weighted by Crippen LogP contribution is 2.23. The molecule has 1 aliphatic heterocycles. The Morgan fingerprint density at radius 3 is 2.90 bits per heavy atom. The first-order chi connectivity index (χ1) is 10.2. The number of hydrogen-bond acceptors (Lipinski definition) is 2. The van der Waals surface area contributed by atoms with E-state index in [4.69, 9.17) is 11.6 Å². The maximum atomic E-state index is 12.6. The predicted molar refractivity (Wildman–Crippen MR) is 85.7 cm³/mol. The normalized spacial score (nSPS) is 14.4. The van der Waals surface area contributed by atoms with E-state index in [1.165, 1.54) is 0 Å². The first-order valence-electron chi connectivity index (χ1n) is 7.07. The van der Waals surface area contributed by atoms with Gasteiger partial charge in [-0.25, -0.2) is 0 Å². The van der Waals surface area contributed by atoms with Crippen molar-refractivity contribution in [1.82, 2.24) is 5.32 Å². The number of para-hydroxylation sites is 1. The standard InChI is InChI=1S/C17H17ClN2O/c18-15-6-3-4-13(10-15)11-17(21)20-9-8-19-12-14-5-1-2-7-16(14)20/h1-7,10,19H,8-9,11-12H2. The third kappa shape index (κ3) is 3.26. The van der Waals surface area contributed by atoms with E-state index in [1.54, 1.807) is 0 Å². The summed E-state index contributed by atoms with van der Waals surface area (Å²) in [5.41, 5.74) is 3.12. The summed E-state index contributed by atoms with van der Waals surface area (Å²) >= 11 is 5.99. The van der Waals surface area contributed by atoms with Crippen LogP contribution in [0.5, 0.6) is 0 Å².